The fourth-order valence-electron chi connectivity index (χ4n) is 3.16. The summed E-state index contributed by atoms with van der Waals surface area (Å²) in [5.41, 5.74) is 1.33. The van der Waals surface area contributed by atoms with Crippen molar-refractivity contribution in [3.63, 3.8) is 0 Å². The van der Waals surface area contributed by atoms with E-state index in [2.05, 4.69) is 5.32 Å². The lowest BCUT2D eigenvalue weighted by Gasteiger charge is -2.29. The molecule has 0 unspecified atom stereocenters. The molecule has 1 amide bonds. The van der Waals surface area contributed by atoms with Crippen molar-refractivity contribution in [2.24, 2.45) is 0 Å². The average molecular weight is 351 g/mol. The Morgan fingerprint density at radius 3 is 2.74 bits per heavy atom. The summed E-state index contributed by atoms with van der Waals surface area (Å²) in [5.74, 6) is 0.563. The number of hydrogen-bond donors (Lipinski definition) is 1. The monoisotopic (exact) mass is 350 g/mol. The Balaban J connectivity index is 1.82. The summed E-state index contributed by atoms with van der Waals surface area (Å²) < 4.78 is 5.14. The van der Waals surface area contributed by atoms with Gasteiger partial charge in [-0.2, -0.15) is 0 Å². The van der Waals surface area contributed by atoms with Gasteiger partial charge in [0.15, 0.2) is 5.11 Å². The molecule has 1 saturated heterocycles. The number of methoxy groups -OCH3 is 1. The number of carbonyl (C=O) groups is 1. The zero-order valence-corrected chi connectivity index (χ0v) is 14.5. The molecule has 4 nitrogen and oxygen atoms in total. The molecule has 0 radical (unpaired) electrons. The van der Waals surface area contributed by atoms with Gasteiger partial charge in [-0.3, -0.25) is 9.69 Å². The molecule has 1 aromatic carbocycles. The van der Waals surface area contributed by atoms with Crippen LogP contribution in [0.2, 0.25) is 5.02 Å². The van der Waals surface area contributed by atoms with E-state index >= 15 is 0 Å². The normalized spacial score (nSPS) is 21.0. The summed E-state index contributed by atoms with van der Waals surface area (Å²) in [6, 6.07) is 5.64. The highest BCUT2D eigenvalue weighted by molar-refractivity contribution is 7.80. The number of amides is 1. The molecule has 0 bridgehead atoms. The molecule has 23 heavy (non-hydrogen) atoms. The second-order valence-electron chi connectivity index (χ2n) is 5.85. The van der Waals surface area contributed by atoms with Gasteiger partial charge in [-0.1, -0.05) is 36.9 Å². The first-order valence-electron chi connectivity index (χ1n) is 7.80. The lowest BCUT2D eigenvalue weighted by Crippen LogP contribution is -2.41. The number of nitrogens with one attached hydrogen (secondary N) is 1. The Hall–Kier alpha value is -1.59. The number of ether oxygens (including phenoxy) is 1. The van der Waals surface area contributed by atoms with Gasteiger partial charge < -0.3 is 10.1 Å². The van der Waals surface area contributed by atoms with Gasteiger partial charge in [-0.25, -0.2) is 0 Å². The Morgan fingerprint density at radius 2 is 2.09 bits per heavy atom. The van der Waals surface area contributed by atoms with Crippen molar-refractivity contribution in [1.29, 1.82) is 0 Å². The predicted octanol–water partition coefficient (Wildman–Crippen LogP) is 3.74. The SMILES string of the molecule is COc1ccc(/C=C2\NC(=S)N(C3CCCCC3)C2=O)cc1Cl. The third kappa shape index (κ3) is 3.35. The molecule has 0 aromatic heterocycles. The summed E-state index contributed by atoms with van der Waals surface area (Å²) in [5, 5.41) is 4.06. The summed E-state index contributed by atoms with van der Waals surface area (Å²) in [7, 11) is 1.57. The molecule has 1 heterocycles. The van der Waals surface area contributed by atoms with Crippen LogP contribution in [0.1, 0.15) is 37.7 Å². The van der Waals surface area contributed by atoms with E-state index in [1.54, 1.807) is 30.2 Å². The van der Waals surface area contributed by atoms with Gasteiger partial charge in [0.1, 0.15) is 11.4 Å². The summed E-state index contributed by atoms with van der Waals surface area (Å²) in [4.78, 5) is 14.4. The van der Waals surface area contributed by atoms with E-state index in [1.165, 1.54) is 6.42 Å². The number of benzene rings is 1. The van der Waals surface area contributed by atoms with Crippen LogP contribution in [0.15, 0.2) is 23.9 Å². The maximum atomic E-state index is 12.7. The van der Waals surface area contributed by atoms with Gasteiger partial charge in [-0.15, -0.1) is 0 Å². The van der Waals surface area contributed by atoms with Crippen LogP contribution in [0.25, 0.3) is 6.08 Å². The fourth-order valence-corrected chi connectivity index (χ4v) is 3.77. The maximum Gasteiger partial charge on any atom is 0.276 e. The minimum Gasteiger partial charge on any atom is -0.495 e. The summed E-state index contributed by atoms with van der Waals surface area (Å²) >= 11 is 11.5. The molecule has 6 heteroatoms. The van der Waals surface area contributed by atoms with Crippen molar-refractivity contribution < 1.29 is 9.53 Å². The van der Waals surface area contributed by atoms with E-state index in [4.69, 9.17) is 28.6 Å². The maximum absolute atomic E-state index is 12.7. The van der Waals surface area contributed by atoms with E-state index in [0.29, 0.717) is 21.6 Å². The van der Waals surface area contributed by atoms with E-state index in [-0.39, 0.29) is 11.9 Å². The Morgan fingerprint density at radius 1 is 1.35 bits per heavy atom. The Labute approximate surface area is 146 Å². The third-order valence-electron chi connectivity index (χ3n) is 4.34. The minimum absolute atomic E-state index is 0.0474. The Kier molecular flexibility index (Phi) is 4.87. The van der Waals surface area contributed by atoms with Crippen molar-refractivity contribution in [3.8, 4) is 5.75 Å². The van der Waals surface area contributed by atoms with Crippen LogP contribution in [-0.4, -0.2) is 29.1 Å². The van der Waals surface area contributed by atoms with E-state index in [1.807, 2.05) is 6.07 Å². The summed E-state index contributed by atoms with van der Waals surface area (Å²) in [6.45, 7) is 0. The average Bonchev–Trinajstić information content (AvgIpc) is 2.82. The van der Waals surface area contributed by atoms with Crippen molar-refractivity contribution in [2.45, 2.75) is 38.1 Å². The molecule has 122 valence electrons. The molecule has 3 rings (SSSR count). The fraction of sp³-hybridized carbons (Fsp3) is 0.412. The highest BCUT2D eigenvalue weighted by atomic mass is 35.5. The molecule has 2 fully saturated rings. The molecule has 0 spiro atoms. The highest BCUT2D eigenvalue weighted by Gasteiger charge is 2.36. The van der Waals surface area contributed by atoms with Crippen LogP contribution in [0.5, 0.6) is 5.75 Å². The number of halogens is 1. The van der Waals surface area contributed by atoms with E-state index < -0.39 is 0 Å². The van der Waals surface area contributed by atoms with Gasteiger partial charge in [-0.05, 0) is 48.8 Å². The molecule has 1 aromatic rings. The van der Waals surface area contributed by atoms with Gasteiger partial charge in [0.2, 0.25) is 0 Å². The molecular formula is C17H19ClN2O2S. The van der Waals surface area contributed by atoms with Gasteiger partial charge in [0, 0.05) is 6.04 Å². The highest BCUT2D eigenvalue weighted by Crippen LogP contribution is 2.29. The van der Waals surface area contributed by atoms with Gasteiger partial charge in [0.25, 0.3) is 5.91 Å². The standard InChI is InChI=1S/C17H19ClN2O2S/c1-22-15-8-7-11(9-13(15)18)10-14-16(21)20(17(23)19-14)12-5-3-2-4-6-12/h7-10,12H,2-6H2,1H3,(H,19,23)/b14-10-. The van der Waals surface area contributed by atoms with Crippen LogP contribution < -0.4 is 10.1 Å². The van der Waals surface area contributed by atoms with Crippen molar-refractivity contribution >= 4 is 40.9 Å². The number of nitrogens with zero attached hydrogens (tertiary/aromatic N) is 1. The van der Waals surface area contributed by atoms with Gasteiger partial charge in [0.05, 0.1) is 12.1 Å². The number of hydrogen-bond acceptors (Lipinski definition) is 3. The lowest BCUT2D eigenvalue weighted by atomic mass is 9.94. The third-order valence-corrected chi connectivity index (χ3v) is 4.93. The van der Waals surface area contributed by atoms with Crippen LogP contribution in [0.3, 0.4) is 0 Å². The van der Waals surface area contributed by atoms with Crippen molar-refractivity contribution in [1.82, 2.24) is 10.2 Å². The first-order chi connectivity index (χ1) is 11.1. The largest absolute Gasteiger partial charge is 0.495 e. The Bertz CT molecular complexity index is 669. The quantitative estimate of drug-likeness (QED) is 0.666. The molecule has 1 aliphatic carbocycles. The first-order valence-corrected chi connectivity index (χ1v) is 8.58. The number of thiocarbonyl (C=S) groups is 1. The van der Waals surface area contributed by atoms with Crippen LogP contribution >= 0.6 is 23.8 Å². The zero-order valence-electron chi connectivity index (χ0n) is 13.0. The molecule has 0 atom stereocenters. The molecule has 1 aliphatic heterocycles. The van der Waals surface area contributed by atoms with Crippen LogP contribution in [-0.2, 0) is 4.79 Å². The molecule has 1 N–H and O–H groups in total. The lowest BCUT2D eigenvalue weighted by molar-refractivity contribution is -0.124. The van der Waals surface area contributed by atoms with E-state index in [0.717, 1.165) is 31.2 Å². The summed E-state index contributed by atoms with van der Waals surface area (Å²) in [6.07, 6.45) is 7.38. The molecule has 1 saturated carbocycles. The first kappa shape index (κ1) is 16.3. The van der Waals surface area contributed by atoms with Crippen LogP contribution in [0, 0.1) is 0 Å². The van der Waals surface area contributed by atoms with Crippen LogP contribution in [0.4, 0.5) is 0 Å². The van der Waals surface area contributed by atoms with Crippen molar-refractivity contribution in [2.75, 3.05) is 7.11 Å². The van der Waals surface area contributed by atoms with E-state index in [9.17, 15) is 4.79 Å². The second kappa shape index (κ2) is 6.89. The minimum atomic E-state index is -0.0474. The number of carbonyl (C=O) groups excluding carboxylic acids is 1. The molecule has 2 aliphatic rings. The smallest absolute Gasteiger partial charge is 0.276 e. The number of rotatable bonds is 3. The topological polar surface area (TPSA) is 41.6 Å². The van der Waals surface area contributed by atoms with Gasteiger partial charge >= 0.3 is 0 Å². The predicted molar refractivity (Wildman–Crippen MR) is 95.4 cm³/mol. The second-order valence-corrected chi connectivity index (χ2v) is 6.64. The zero-order chi connectivity index (χ0) is 16.4. The molecular weight excluding hydrogens is 332 g/mol. The van der Waals surface area contributed by atoms with Crippen molar-refractivity contribution in [3.05, 3.63) is 34.5 Å².